The summed E-state index contributed by atoms with van der Waals surface area (Å²) >= 11 is 0. The van der Waals surface area contributed by atoms with Crippen LogP contribution in [0.25, 0.3) is 0 Å². The molecule has 4 nitrogen and oxygen atoms in total. The van der Waals surface area contributed by atoms with Gasteiger partial charge >= 0.3 is 0 Å². The lowest BCUT2D eigenvalue weighted by atomic mass is 10.1. The Kier molecular flexibility index (Phi) is 5.09. The number of carbonyl (C=O) groups is 1. The fourth-order valence-corrected chi connectivity index (χ4v) is 1.47. The highest BCUT2D eigenvalue weighted by atomic mass is 19.1. The number of hydrogen-bond acceptors (Lipinski definition) is 3. The topological polar surface area (TPSA) is 61.4 Å². The maximum Gasteiger partial charge on any atom is 0.237 e. The van der Waals surface area contributed by atoms with E-state index in [2.05, 4.69) is 10.6 Å². The molecule has 0 aromatic heterocycles. The molecule has 100 valence electrons. The normalized spacial score (nSPS) is 12.5. The number of carbonyl (C=O) groups excluding carboxylic acids is 1. The van der Waals surface area contributed by atoms with E-state index in [4.69, 9.17) is 0 Å². The largest absolute Gasteiger partial charge is 0.505 e. The van der Waals surface area contributed by atoms with Gasteiger partial charge in [0.15, 0.2) is 11.6 Å². The first-order valence-corrected chi connectivity index (χ1v) is 5.92. The van der Waals surface area contributed by atoms with Crippen molar-refractivity contribution < 1.29 is 14.3 Å². The summed E-state index contributed by atoms with van der Waals surface area (Å²) in [5, 5.41) is 15.2. The molecule has 1 unspecified atom stereocenters. The number of phenolic OH excluding ortho intramolecular Hbond substituents is 1. The van der Waals surface area contributed by atoms with Crippen LogP contribution < -0.4 is 10.6 Å². The van der Waals surface area contributed by atoms with Gasteiger partial charge in [-0.25, -0.2) is 4.39 Å². The van der Waals surface area contributed by atoms with Crippen LogP contribution in [0.1, 0.15) is 26.3 Å². The Labute approximate surface area is 106 Å². The number of para-hydroxylation sites is 1. The number of benzene rings is 1. The van der Waals surface area contributed by atoms with Crippen molar-refractivity contribution >= 4 is 5.91 Å². The molecular formula is C13H19FN2O2. The van der Waals surface area contributed by atoms with E-state index in [1.54, 1.807) is 13.0 Å². The molecule has 1 amide bonds. The third-order valence-corrected chi connectivity index (χ3v) is 2.49. The van der Waals surface area contributed by atoms with Crippen LogP contribution in [0.5, 0.6) is 5.75 Å². The van der Waals surface area contributed by atoms with Gasteiger partial charge in [0.1, 0.15) is 0 Å². The fraction of sp³-hybridized carbons (Fsp3) is 0.462. The highest BCUT2D eigenvalue weighted by Crippen LogP contribution is 2.20. The smallest absolute Gasteiger partial charge is 0.237 e. The van der Waals surface area contributed by atoms with Gasteiger partial charge in [0.2, 0.25) is 5.91 Å². The monoisotopic (exact) mass is 254 g/mol. The molecule has 0 saturated carbocycles. The highest BCUT2D eigenvalue weighted by Gasteiger charge is 2.14. The van der Waals surface area contributed by atoms with Crippen molar-refractivity contribution in [1.82, 2.24) is 10.6 Å². The molecule has 0 aliphatic carbocycles. The summed E-state index contributed by atoms with van der Waals surface area (Å²) in [4.78, 5) is 11.6. The van der Waals surface area contributed by atoms with Gasteiger partial charge in [0, 0.05) is 18.2 Å². The molecule has 5 heteroatoms. The van der Waals surface area contributed by atoms with Crippen LogP contribution in [0.4, 0.5) is 4.39 Å². The van der Waals surface area contributed by atoms with Gasteiger partial charge in [0.25, 0.3) is 0 Å². The second-order valence-corrected chi connectivity index (χ2v) is 4.51. The predicted octanol–water partition coefficient (Wildman–Crippen LogP) is 1.53. The van der Waals surface area contributed by atoms with Crippen LogP contribution in [-0.4, -0.2) is 23.1 Å². The van der Waals surface area contributed by atoms with Gasteiger partial charge in [-0.05, 0) is 26.8 Å². The summed E-state index contributed by atoms with van der Waals surface area (Å²) in [6, 6.07) is 3.98. The van der Waals surface area contributed by atoms with Crippen LogP contribution in [-0.2, 0) is 11.3 Å². The molecule has 1 atom stereocenters. The number of aromatic hydroxyl groups is 1. The molecule has 18 heavy (non-hydrogen) atoms. The van der Waals surface area contributed by atoms with Gasteiger partial charge in [-0.1, -0.05) is 12.1 Å². The summed E-state index contributed by atoms with van der Waals surface area (Å²) in [5.74, 6) is -1.16. The van der Waals surface area contributed by atoms with E-state index in [1.807, 2.05) is 13.8 Å². The zero-order valence-corrected chi connectivity index (χ0v) is 10.8. The Morgan fingerprint density at radius 3 is 2.67 bits per heavy atom. The van der Waals surface area contributed by atoms with E-state index < -0.39 is 11.9 Å². The third-order valence-electron chi connectivity index (χ3n) is 2.49. The Morgan fingerprint density at radius 1 is 1.39 bits per heavy atom. The second kappa shape index (κ2) is 6.35. The standard InChI is InChI=1S/C13H19FN2O2/c1-8(2)16-13(18)9(3)15-7-10-5-4-6-11(14)12(10)17/h4-6,8-9,15,17H,7H2,1-3H3,(H,16,18). The van der Waals surface area contributed by atoms with Crippen LogP contribution in [0.2, 0.25) is 0 Å². The molecule has 0 aliphatic rings. The number of halogens is 1. The fourth-order valence-electron chi connectivity index (χ4n) is 1.47. The van der Waals surface area contributed by atoms with E-state index in [0.717, 1.165) is 0 Å². The average molecular weight is 254 g/mol. The average Bonchev–Trinajstić information content (AvgIpc) is 2.29. The molecule has 0 aliphatic heterocycles. The van der Waals surface area contributed by atoms with Crippen molar-refractivity contribution in [2.45, 2.75) is 39.4 Å². The summed E-state index contributed by atoms with van der Waals surface area (Å²) < 4.78 is 13.1. The first kappa shape index (κ1) is 14.4. The Balaban J connectivity index is 2.55. The van der Waals surface area contributed by atoms with Crippen molar-refractivity contribution in [3.05, 3.63) is 29.6 Å². The minimum absolute atomic E-state index is 0.0734. The summed E-state index contributed by atoms with van der Waals surface area (Å²) in [7, 11) is 0. The molecule has 1 aromatic rings. The molecule has 0 saturated heterocycles. The van der Waals surface area contributed by atoms with E-state index in [1.165, 1.54) is 12.1 Å². The molecular weight excluding hydrogens is 235 g/mol. The number of hydrogen-bond donors (Lipinski definition) is 3. The van der Waals surface area contributed by atoms with Crippen LogP contribution in [0.3, 0.4) is 0 Å². The lowest BCUT2D eigenvalue weighted by molar-refractivity contribution is -0.123. The Hall–Kier alpha value is -1.62. The molecule has 0 heterocycles. The maximum absolute atomic E-state index is 13.1. The Bertz CT molecular complexity index is 421. The molecule has 0 radical (unpaired) electrons. The summed E-state index contributed by atoms with van der Waals surface area (Å²) in [5.41, 5.74) is 0.430. The molecule has 1 aromatic carbocycles. The minimum Gasteiger partial charge on any atom is -0.505 e. The molecule has 0 fully saturated rings. The van der Waals surface area contributed by atoms with Gasteiger partial charge in [-0.15, -0.1) is 0 Å². The molecule has 1 rings (SSSR count). The zero-order valence-electron chi connectivity index (χ0n) is 10.8. The minimum atomic E-state index is -0.659. The zero-order chi connectivity index (χ0) is 13.7. The van der Waals surface area contributed by atoms with E-state index in [9.17, 15) is 14.3 Å². The lowest BCUT2D eigenvalue weighted by Gasteiger charge is -2.16. The number of amides is 1. The van der Waals surface area contributed by atoms with Crippen LogP contribution in [0.15, 0.2) is 18.2 Å². The molecule has 0 bridgehead atoms. The van der Waals surface area contributed by atoms with Gasteiger partial charge < -0.3 is 15.7 Å². The summed E-state index contributed by atoms with van der Waals surface area (Å²) in [6.07, 6.45) is 0. The first-order chi connectivity index (χ1) is 8.41. The van der Waals surface area contributed by atoms with Crippen LogP contribution >= 0.6 is 0 Å². The Morgan fingerprint density at radius 2 is 2.06 bits per heavy atom. The molecule has 3 N–H and O–H groups in total. The summed E-state index contributed by atoms with van der Waals surface area (Å²) in [6.45, 7) is 5.70. The lowest BCUT2D eigenvalue weighted by Crippen LogP contribution is -2.44. The number of nitrogens with one attached hydrogen (secondary N) is 2. The van der Waals surface area contributed by atoms with Crippen molar-refractivity contribution in [3.63, 3.8) is 0 Å². The van der Waals surface area contributed by atoms with Crippen molar-refractivity contribution in [1.29, 1.82) is 0 Å². The quantitative estimate of drug-likeness (QED) is 0.747. The third kappa shape index (κ3) is 4.00. The van der Waals surface area contributed by atoms with Crippen molar-refractivity contribution in [3.8, 4) is 5.75 Å². The predicted molar refractivity (Wildman–Crippen MR) is 67.6 cm³/mol. The number of rotatable bonds is 5. The van der Waals surface area contributed by atoms with E-state index >= 15 is 0 Å². The number of phenols is 1. The van der Waals surface area contributed by atoms with Gasteiger partial charge in [-0.2, -0.15) is 0 Å². The van der Waals surface area contributed by atoms with Crippen molar-refractivity contribution in [2.75, 3.05) is 0 Å². The van der Waals surface area contributed by atoms with Gasteiger partial charge in [-0.3, -0.25) is 4.79 Å². The maximum atomic E-state index is 13.1. The first-order valence-electron chi connectivity index (χ1n) is 5.92. The van der Waals surface area contributed by atoms with Crippen molar-refractivity contribution in [2.24, 2.45) is 0 Å². The molecule has 0 spiro atoms. The second-order valence-electron chi connectivity index (χ2n) is 4.51. The SMILES string of the molecule is CC(C)NC(=O)C(C)NCc1cccc(F)c1O. The highest BCUT2D eigenvalue weighted by molar-refractivity contribution is 5.81. The van der Waals surface area contributed by atoms with Crippen LogP contribution in [0, 0.1) is 5.82 Å². The van der Waals surface area contributed by atoms with E-state index in [0.29, 0.717) is 5.56 Å². The van der Waals surface area contributed by atoms with E-state index in [-0.39, 0.29) is 24.2 Å². The van der Waals surface area contributed by atoms with Gasteiger partial charge in [0.05, 0.1) is 6.04 Å².